The molecule has 0 atom stereocenters. The predicted octanol–water partition coefficient (Wildman–Crippen LogP) is 4.00. The van der Waals surface area contributed by atoms with Crippen LogP contribution in [0, 0.1) is 0 Å². The van der Waals surface area contributed by atoms with E-state index in [4.69, 9.17) is 20.1 Å². The van der Waals surface area contributed by atoms with E-state index in [1.165, 1.54) is 11.1 Å². The first-order valence-corrected chi connectivity index (χ1v) is 10.9. The van der Waals surface area contributed by atoms with Crippen molar-refractivity contribution in [1.82, 2.24) is 15.0 Å². The highest BCUT2D eigenvalue weighted by Crippen LogP contribution is 2.32. The smallest absolute Gasteiger partial charge is 0.303 e. The molecule has 168 valence electrons. The average Bonchev–Trinajstić information content (AvgIpc) is 3.24. The van der Waals surface area contributed by atoms with Crippen LogP contribution >= 0.6 is 0 Å². The number of aliphatic carboxylic acids is 1. The van der Waals surface area contributed by atoms with Gasteiger partial charge in [-0.3, -0.25) is 9.69 Å². The van der Waals surface area contributed by atoms with Gasteiger partial charge in [-0.1, -0.05) is 23.4 Å². The minimum Gasteiger partial charge on any atom is -0.489 e. The lowest BCUT2D eigenvalue weighted by Crippen LogP contribution is -2.32. The normalized spacial score (nSPS) is 13.8. The Bertz CT molecular complexity index is 1110. The number of carboxylic acid groups (broad SMARTS) is 1. The van der Waals surface area contributed by atoms with Gasteiger partial charge in [0.15, 0.2) is 0 Å². The summed E-state index contributed by atoms with van der Waals surface area (Å²) < 4.78 is 11.2. The van der Waals surface area contributed by atoms with Crippen molar-refractivity contribution in [2.45, 2.75) is 45.8 Å². The van der Waals surface area contributed by atoms with Gasteiger partial charge in [0.1, 0.15) is 5.75 Å². The lowest BCUT2D eigenvalue weighted by Gasteiger charge is -2.29. The molecule has 8 nitrogen and oxygen atoms in total. The van der Waals surface area contributed by atoms with Crippen LogP contribution in [0.4, 0.5) is 5.69 Å². The fourth-order valence-electron chi connectivity index (χ4n) is 4.02. The molecule has 4 rings (SSSR count). The molecule has 3 N–H and O–H groups in total. The standard InChI is InChI=1S/C24H28N4O4/c1-15(2)31-21-9-8-16(13-20(21)25)24-26-23(27-32-24)19-6-3-5-17-14-28(12-10-18(17)19)11-4-7-22(29)30/h3,5-6,8-9,13,15H,4,7,10-12,14,25H2,1-2H3,(H,29,30). The summed E-state index contributed by atoms with van der Waals surface area (Å²) in [5.41, 5.74) is 10.8. The van der Waals surface area contributed by atoms with Gasteiger partial charge in [0.25, 0.3) is 5.89 Å². The summed E-state index contributed by atoms with van der Waals surface area (Å²) in [6.45, 7) is 6.35. The number of ether oxygens (including phenoxy) is 1. The Morgan fingerprint density at radius 2 is 2.16 bits per heavy atom. The molecular formula is C24H28N4O4. The maximum atomic E-state index is 10.8. The fourth-order valence-corrected chi connectivity index (χ4v) is 4.02. The molecule has 3 aromatic rings. The largest absolute Gasteiger partial charge is 0.489 e. The zero-order valence-corrected chi connectivity index (χ0v) is 18.4. The Morgan fingerprint density at radius 3 is 2.91 bits per heavy atom. The summed E-state index contributed by atoms with van der Waals surface area (Å²) in [7, 11) is 0. The Morgan fingerprint density at radius 1 is 1.31 bits per heavy atom. The summed E-state index contributed by atoms with van der Waals surface area (Å²) >= 11 is 0. The Kier molecular flexibility index (Phi) is 6.41. The second-order valence-corrected chi connectivity index (χ2v) is 8.31. The second kappa shape index (κ2) is 9.40. The minimum absolute atomic E-state index is 0.0375. The molecule has 32 heavy (non-hydrogen) atoms. The highest BCUT2D eigenvalue weighted by atomic mass is 16.5. The van der Waals surface area contributed by atoms with E-state index in [1.807, 2.05) is 38.1 Å². The molecule has 0 saturated heterocycles. The number of nitrogen functional groups attached to an aromatic ring is 1. The molecule has 1 aliphatic rings. The number of hydrogen-bond donors (Lipinski definition) is 2. The maximum absolute atomic E-state index is 10.8. The van der Waals surface area contributed by atoms with E-state index in [0.717, 1.165) is 37.2 Å². The van der Waals surface area contributed by atoms with E-state index < -0.39 is 5.97 Å². The molecule has 0 amide bonds. The summed E-state index contributed by atoms with van der Waals surface area (Å²) in [6.07, 6.45) is 1.75. The maximum Gasteiger partial charge on any atom is 0.303 e. The third-order valence-corrected chi connectivity index (χ3v) is 5.50. The number of benzene rings is 2. The zero-order valence-electron chi connectivity index (χ0n) is 18.4. The summed E-state index contributed by atoms with van der Waals surface area (Å²) in [4.78, 5) is 17.7. The van der Waals surface area contributed by atoms with Gasteiger partial charge in [-0.05, 0) is 62.6 Å². The van der Waals surface area contributed by atoms with Crippen molar-refractivity contribution < 1.29 is 19.2 Å². The van der Waals surface area contributed by atoms with E-state index in [-0.39, 0.29) is 12.5 Å². The van der Waals surface area contributed by atoms with Crippen molar-refractivity contribution in [3.63, 3.8) is 0 Å². The third-order valence-electron chi connectivity index (χ3n) is 5.50. The lowest BCUT2D eigenvalue weighted by atomic mass is 9.94. The van der Waals surface area contributed by atoms with Crippen LogP contribution in [0.15, 0.2) is 40.9 Å². The van der Waals surface area contributed by atoms with Crippen LogP contribution in [0.5, 0.6) is 5.75 Å². The van der Waals surface area contributed by atoms with Gasteiger partial charge in [-0.15, -0.1) is 0 Å². The van der Waals surface area contributed by atoms with Crippen molar-refractivity contribution >= 4 is 11.7 Å². The Hall–Kier alpha value is -3.39. The van der Waals surface area contributed by atoms with E-state index >= 15 is 0 Å². The van der Waals surface area contributed by atoms with Gasteiger partial charge < -0.3 is 20.1 Å². The van der Waals surface area contributed by atoms with E-state index in [0.29, 0.717) is 29.6 Å². The van der Waals surface area contributed by atoms with Crippen molar-refractivity contribution in [2.24, 2.45) is 0 Å². The number of carbonyl (C=O) groups is 1. The quantitative estimate of drug-likeness (QED) is 0.509. The lowest BCUT2D eigenvalue weighted by molar-refractivity contribution is -0.137. The molecule has 8 heteroatoms. The van der Waals surface area contributed by atoms with Gasteiger partial charge in [-0.25, -0.2) is 0 Å². The van der Waals surface area contributed by atoms with Crippen molar-refractivity contribution in [2.75, 3.05) is 18.8 Å². The van der Waals surface area contributed by atoms with Crippen LogP contribution < -0.4 is 10.5 Å². The highest BCUT2D eigenvalue weighted by Gasteiger charge is 2.22. The molecule has 0 bridgehead atoms. The monoisotopic (exact) mass is 436 g/mol. The molecule has 0 spiro atoms. The van der Waals surface area contributed by atoms with E-state index in [2.05, 4.69) is 21.1 Å². The number of nitrogens with two attached hydrogens (primary N) is 1. The van der Waals surface area contributed by atoms with Crippen LogP contribution in [0.1, 0.15) is 37.8 Å². The predicted molar refractivity (Wildman–Crippen MR) is 121 cm³/mol. The van der Waals surface area contributed by atoms with Crippen LogP contribution in [0.2, 0.25) is 0 Å². The molecule has 0 unspecified atom stereocenters. The zero-order chi connectivity index (χ0) is 22.7. The van der Waals surface area contributed by atoms with E-state index in [9.17, 15) is 4.79 Å². The third kappa shape index (κ3) is 4.91. The number of nitrogens with zero attached hydrogens (tertiary/aromatic N) is 3. The first-order valence-electron chi connectivity index (χ1n) is 10.9. The number of fused-ring (bicyclic) bond motifs is 1. The summed E-state index contributed by atoms with van der Waals surface area (Å²) in [6, 6.07) is 11.6. The first-order chi connectivity index (χ1) is 15.4. The molecule has 0 fully saturated rings. The average molecular weight is 437 g/mol. The second-order valence-electron chi connectivity index (χ2n) is 8.31. The van der Waals surface area contributed by atoms with E-state index in [1.54, 1.807) is 6.07 Å². The number of aromatic nitrogens is 2. The van der Waals surface area contributed by atoms with Crippen LogP contribution in [0.3, 0.4) is 0 Å². The Balaban J connectivity index is 1.52. The molecule has 1 aliphatic heterocycles. The topological polar surface area (TPSA) is 115 Å². The summed E-state index contributed by atoms with van der Waals surface area (Å²) in [5.74, 6) is 0.846. The molecule has 1 aromatic heterocycles. The molecular weight excluding hydrogens is 408 g/mol. The van der Waals surface area contributed by atoms with Crippen LogP contribution in [-0.4, -0.2) is 45.3 Å². The fraction of sp³-hybridized carbons (Fsp3) is 0.375. The molecule has 2 heterocycles. The molecule has 0 aliphatic carbocycles. The molecule has 2 aromatic carbocycles. The number of carboxylic acids is 1. The summed E-state index contributed by atoms with van der Waals surface area (Å²) in [5, 5.41) is 13.1. The van der Waals surface area contributed by atoms with Gasteiger partial charge >= 0.3 is 5.97 Å². The molecule has 0 radical (unpaired) electrons. The number of anilines is 1. The van der Waals surface area contributed by atoms with Crippen LogP contribution in [-0.2, 0) is 17.8 Å². The minimum atomic E-state index is -0.749. The Labute approximate surface area is 187 Å². The number of rotatable bonds is 8. The van der Waals surface area contributed by atoms with Gasteiger partial charge in [0.05, 0.1) is 11.8 Å². The van der Waals surface area contributed by atoms with Crippen LogP contribution in [0.25, 0.3) is 22.8 Å². The van der Waals surface area contributed by atoms with Gasteiger partial charge in [0.2, 0.25) is 5.82 Å². The molecule has 0 saturated carbocycles. The first kappa shape index (κ1) is 21.8. The van der Waals surface area contributed by atoms with Crippen molar-refractivity contribution in [1.29, 1.82) is 0 Å². The van der Waals surface area contributed by atoms with Gasteiger partial charge in [-0.2, -0.15) is 4.98 Å². The van der Waals surface area contributed by atoms with Gasteiger partial charge in [0, 0.05) is 30.6 Å². The SMILES string of the molecule is CC(C)Oc1ccc(-c2nc(-c3cccc4c3CCN(CCCC(=O)O)C4)no2)cc1N. The van der Waals surface area contributed by atoms with Crippen molar-refractivity contribution in [3.05, 3.63) is 47.5 Å². The highest BCUT2D eigenvalue weighted by molar-refractivity contribution is 5.68. The van der Waals surface area contributed by atoms with Crippen molar-refractivity contribution in [3.8, 4) is 28.6 Å². The number of hydrogen-bond acceptors (Lipinski definition) is 7.